The molecule has 0 bridgehead atoms. The molecular weight excluding hydrogens is 287 g/mol. The van der Waals surface area contributed by atoms with Crippen LogP contribution < -0.4 is 4.74 Å². The fourth-order valence-corrected chi connectivity index (χ4v) is 2.83. The minimum absolute atomic E-state index is 0.132. The standard InChI is InChI=1S/C13H16BrFO2/c1-8-5-10(7-17-8)13(14)9-3-4-12(16-2)11(15)6-9/h3-4,6,8,10,13H,5,7H2,1-2H3. The number of ether oxygens (including phenoxy) is 2. The molecule has 0 aromatic heterocycles. The summed E-state index contributed by atoms with van der Waals surface area (Å²) in [4.78, 5) is 0.132. The van der Waals surface area contributed by atoms with E-state index < -0.39 is 0 Å². The Balaban J connectivity index is 2.14. The molecule has 0 aliphatic carbocycles. The van der Waals surface area contributed by atoms with E-state index >= 15 is 0 Å². The van der Waals surface area contributed by atoms with E-state index in [2.05, 4.69) is 22.9 Å². The van der Waals surface area contributed by atoms with Gasteiger partial charge in [-0.25, -0.2) is 4.39 Å². The van der Waals surface area contributed by atoms with E-state index in [1.807, 2.05) is 6.07 Å². The van der Waals surface area contributed by atoms with Gasteiger partial charge >= 0.3 is 0 Å². The first-order chi connectivity index (χ1) is 8.11. The maximum Gasteiger partial charge on any atom is 0.165 e. The second kappa shape index (κ2) is 5.36. The molecule has 0 radical (unpaired) electrons. The molecule has 1 heterocycles. The minimum Gasteiger partial charge on any atom is -0.494 e. The Bertz CT molecular complexity index is 397. The number of alkyl halides is 1. The SMILES string of the molecule is COc1ccc(C(Br)C2COC(C)C2)cc1F. The van der Waals surface area contributed by atoms with Gasteiger partial charge in [0.15, 0.2) is 11.6 Å². The Kier molecular flexibility index (Phi) is 4.05. The van der Waals surface area contributed by atoms with E-state index in [1.54, 1.807) is 6.07 Å². The summed E-state index contributed by atoms with van der Waals surface area (Å²) in [5, 5.41) is 0. The van der Waals surface area contributed by atoms with Crippen LogP contribution in [-0.4, -0.2) is 19.8 Å². The van der Waals surface area contributed by atoms with E-state index in [-0.39, 0.29) is 16.4 Å². The summed E-state index contributed by atoms with van der Waals surface area (Å²) in [6.07, 6.45) is 1.30. The van der Waals surface area contributed by atoms with Crippen molar-refractivity contribution < 1.29 is 13.9 Å². The highest BCUT2D eigenvalue weighted by Crippen LogP contribution is 2.38. The fourth-order valence-electron chi connectivity index (χ4n) is 2.18. The quantitative estimate of drug-likeness (QED) is 0.793. The number of rotatable bonds is 3. The van der Waals surface area contributed by atoms with Crippen LogP contribution in [0.5, 0.6) is 5.75 Å². The normalized spacial score (nSPS) is 25.9. The monoisotopic (exact) mass is 302 g/mol. The summed E-state index contributed by atoms with van der Waals surface area (Å²) in [6, 6.07) is 5.09. The van der Waals surface area contributed by atoms with Crippen molar-refractivity contribution in [2.75, 3.05) is 13.7 Å². The predicted molar refractivity (Wildman–Crippen MR) is 68.1 cm³/mol. The molecule has 3 atom stereocenters. The Morgan fingerprint density at radius 1 is 1.53 bits per heavy atom. The summed E-state index contributed by atoms with van der Waals surface area (Å²) >= 11 is 3.63. The maximum absolute atomic E-state index is 13.6. The first-order valence-electron chi connectivity index (χ1n) is 5.71. The van der Waals surface area contributed by atoms with Crippen LogP contribution in [0.4, 0.5) is 4.39 Å². The smallest absolute Gasteiger partial charge is 0.165 e. The number of methoxy groups -OCH3 is 1. The molecule has 3 unspecified atom stereocenters. The maximum atomic E-state index is 13.6. The van der Waals surface area contributed by atoms with Gasteiger partial charge in [-0.3, -0.25) is 0 Å². The van der Waals surface area contributed by atoms with Crippen molar-refractivity contribution in [3.63, 3.8) is 0 Å². The topological polar surface area (TPSA) is 18.5 Å². The summed E-state index contributed by atoms with van der Waals surface area (Å²) in [7, 11) is 1.47. The molecular formula is C13H16BrFO2. The third kappa shape index (κ3) is 2.80. The van der Waals surface area contributed by atoms with Gasteiger partial charge in [0.2, 0.25) is 0 Å². The summed E-state index contributed by atoms with van der Waals surface area (Å²) in [5.41, 5.74) is 0.936. The van der Waals surface area contributed by atoms with Crippen molar-refractivity contribution in [2.24, 2.45) is 5.92 Å². The van der Waals surface area contributed by atoms with Gasteiger partial charge < -0.3 is 9.47 Å². The molecule has 1 aliphatic heterocycles. The Hall–Kier alpha value is -0.610. The summed E-state index contributed by atoms with van der Waals surface area (Å²) in [6.45, 7) is 2.79. The van der Waals surface area contributed by atoms with Gasteiger partial charge in [-0.05, 0) is 31.0 Å². The zero-order valence-electron chi connectivity index (χ0n) is 9.95. The third-order valence-corrected chi connectivity index (χ3v) is 4.41. The molecule has 1 aromatic carbocycles. The second-order valence-electron chi connectivity index (χ2n) is 4.44. The molecule has 94 valence electrons. The molecule has 1 fully saturated rings. The third-order valence-electron chi connectivity index (χ3n) is 3.14. The van der Waals surface area contributed by atoms with Crippen LogP contribution in [0.25, 0.3) is 0 Å². The molecule has 17 heavy (non-hydrogen) atoms. The highest BCUT2D eigenvalue weighted by Gasteiger charge is 2.29. The van der Waals surface area contributed by atoms with Gasteiger partial charge in [-0.15, -0.1) is 0 Å². The number of hydrogen-bond donors (Lipinski definition) is 0. The second-order valence-corrected chi connectivity index (χ2v) is 5.42. The zero-order chi connectivity index (χ0) is 12.4. The van der Waals surface area contributed by atoms with Gasteiger partial charge in [-0.2, -0.15) is 0 Å². The van der Waals surface area contributed by atoms with Crippen LogP contribution >= 0.6 is 15.9 Å². The largest absolute Gasteiger partial charge is 0.494 e. The summed E-state index contributed by atoms with van der Waals surface area (Å²) in [5.74, 6) is 0.365. The number of benzene rings is 1. The number of hydrogen-bond acceptors (Lipinski definition) is 2. The minimum atomic E-state index is -0.318. The number of halogens is 2. The summed E-state index contributed by atoms with van der Waals surface area (Å²) < 4.78 is 24.0. The average molecular weight is 303 g/mol. The van der Waals surface area contributed by atoms with Gasteiger partial charge in [0.1, 0.15) is 0 Å². The lowest BCUT2D eigenvalue weighted by Crippen LogP contribution is -2.08. The van der Waals surface area contributed by atoms with Crippen molar-refractivity contribution in [3.05, 3.63) is 29.6 Å². The van der Waals surface area contributed by atoms with E-state index in [0.717, 1.165) is 18.6 Å². The van der Waals surface area contributed by atoms with Crippen LogP contribution in [0, 0.1) is 11.7 Å². The predicted octanol–water partition coefficient (Wildman–Crippen LogP) is 3.70. The molecule has 2 rings (SSSR count). The Morgan fingerprint density at radius 2 is 2.29 bits per heavy atom. The van der Waals surface area contributed by atoms with Crippen LogP contribution in [-0.2, 0) is 4.74 Å². The van der Waals surface area contributed by atoms with Crippen molar-refractivity contribution in [3.8, 4) is 5.75 Å². The average Bonchev–Trinajstić information content (AvgIpc) is 2.75. The van der Waals surface area contributed by atoms with Gasteiger partial charge in [0.25, 0.3) is 0 Å². The van der Waals surface area contributed by atoms with E-state index in [4.69, 9.17) is 9.47 Å². The molecule has 4 heteroatoms. The Morgan fingerprint density at radius 3 is 2.82 bits per heavy atom. The van der Waals surface area contributed by atoms with Gasteiger partial charge in [-0.1, -0.05) is 22.0 Å². The lowest BCUT2D eigenvalue weighted by atomic mass is 9.96. The lowest BCUT2D eigenvalue weighted by Gasteiger charge is -2.17. The van der Waals surface area contributed by atoms with Crippen molar-refractivity contribution in [1.29, 1.82) is 0 Å². The first kappa shape index (κ1) is 12.8. The molecule has 0 spiro atoms. The highest BCUT2D eigenvalue weighted by atomic mass is 79.9. The van der Waals surface area contributed by atoms with Gasteiger partial charge in [0.05, 0.1) is 19.8 Å². The van der Waals surface area contributed by atoms with Crippen LogP contribution in [0.3, 0.4) is 0 Å². The van der Waals surface area contributed by atoms with E-state index in [9.17, 15) is 4.39 Å². The molecule has 0 amide bonds. The van der Waals surface area contributed by atoms with Crippen molar-refractivity contribution in [1.82, 2.24) is 0 Å². The Labute approximate surface area is 109 Å². The van der Waals surface area contributed by atoms with E-state index in [1.165, 1.54) is 13.2 Å². The lowest BCUT2D eigenvalue weighted by molar-refractivity contribution is 0.120. The molecule has 0 saturated carbocycles. The molecule has 2 nitrogen and oxygen atoms in total. The first-order valence-corrected chi connectivity index (χ1v) is 6.62. The molecule has 1 aromatic rings. The van der Waals surface area contributed by atoms with Crippen LogP contribution in [0.2, 0.25) is 0 Å². The fraction of sp³-hybridized carbons (Fsp3) is 0.538. The zero-order valence-corrected chi connectivity index (χ0v) is 11.5. The van der Waals surface area contributed by atoms with Gasteiger partial charge in [0, 0.05) is 10.7 Å². The molecule has 1 saturated heterocycles. The highest BCUT2D eigenvalue weighted by molar-refractivity contribution is 9.09. The molecule has 0 N–H and O–H groups in total. The van der Waals surface area contributed by atoms with Crippen molar-refractivity contribution in [2.45, 2.75) is 24.3 Å². The van der Waals surface area contributed by atoms with E-state index in [0.29, 0.717) is 12.0 Å². The van der Waals surface area contributed by atoms with Crippen LogP contribution in [0.15, 0.2) is 18.2 Å². The van der Waals surface area contributed by atoms with Crippen molar-refractivity contribution >= 4 is 15.9 Å². The molecule has 1 aliphatic rings. The van der Waals surface area contributed by atoms with Crippen LogP contribution in [0.1, 0.15) is 23.7 Å².